The van der Waals surface area contributed by atoms with Crippen LogP contribution in [-0.4, -0.2) is 26.0 Å². The van der Waals surface area contributed by atoms with Gasteiger partial charge in [0.25, 0.3) is 0 Å². The molecular weight excluding hydrogens is 194 g/mol. The first kappa shape index (κ1) is 13.2. The first-order valence-electron chi connectivity index (χ1n) is 4.48. The zero-order valence-corrected chi connectivity index (χ0v) is 9.88. The highest BCUT2D eigenvalue weighted by atomic mass is 35.5. The third-order valence-corrected chi connectivity index (χ3v) is 1.68. The molecule has 0 spiro atoms. The van der Waals surface area contributed by atoms with Gasteiger partial charge in [-0.15, -0.1) is 11.6 Å². The molecule has 0 amide bonds. The summed E-state index contributed by atoms with van der Waals surface area (Å²) in [5, 5.41) is 0. The van der Waals surface area contributed by atoms with E-state index in [1.54, 1.807) is 0 Å². The standard InChI is InChI=1S/C9H9Cl.C3H9N/c1-2-8-3-5-9(7-10)6-4-8;1-4(2)3/h2-6H,1,7H2;1-3H3. The summed E-state index contributed by atoms with van der Waals surface area (Å²) in [6.07, 6.45) is 1.82. The molecule has 0 aliphatic heterocycles. The van der Waals surface area contributed by atoms with Gasteiger partial charge < -0.3 is 4.90 Å². The predicted octanol–water partition coefficient (Wildman–Crippen LogP) is 3.25. The van der Waals surface area contributed by atoms with Gasteiger partial charge in [0, 0.05) is 5.88 Å². The molecule has 14 heavy (non-hydrogen) atoms. The van der Waals surface area contributed by atoms with Crippen molar-refractivity contribution < 1.29 is 0 Å². The summed E-state index contributed by atoms with van der Waals surface area (Å²) < 4.78 is 0. The van der Waals surface area contributed by atoms with E-state index >= 15 is 0 Å². The van der Waals surface area contributed by atoms with Crippen LogP contribution in [0.3, 0.4) is 0 Å². The Morgan fingerprint density at radius 1 is 1.21 bits per heavy atom. The normalized spacial score (nSPS) is 9.21. The van der Waals surface area contributed by atoms with Crippen LogP contribution < -0.4 is 0 Å². The molecular formula is C12H18ClN. The third-order valence-electron chi connectivity index (χ3n) is 1.37. The van der Waals surface area contributed by atoms with Crippen LogP contribution in [0.25, 0.3) is 6.08 Å². The average molecular weight is 212 g/mol. The minimum absolute atomic E-state index is 0.581. The van der Waals surface area contributed by atoms with Crippen molar-refractivity contribution in [2.45, 2.75) is 5.88 Å². The van der Waals surface area contributed by atoms with E-state index in [0.717, 1.165) is 11.1 Å². The Morgan fingerprint density at radius 3 is 1.93 bits per heavy atom. The highest BCUT2D eigenvalue weighted by Crippen LogP contribution is 2.06. The molecule has 0 radical (unpaired) electrons. The number of benzene rings is 1. The van der Waals surface area contributed by atoms with Crippen molar-refractivity contribution in [2.24, 2.45) is 0 Å². The Labute approximate surface area is 92.0 Å². The summed E-state index contributed by atoms with van der Waals surface area (Å²) in [6, 6.07) is 8.02. The van der Waals surface area contributed by atoms with E-state index in [0.29, 0.717) is 5.88 Å². The van der Waals surface area contributed by atoms with Crippen LogP contribution in [0.1, 0.15) is 11.1 Å². The van der Waals surface area contributed by atoms with E-state index in [1.807, 2.05) is 56.4 Å². The van der Waals surface area contributed by atoms with Crippen LogP contribution in [-0.2, 0) is 5.88 Å². The van der Waals surface area contributed by atoms with E-state index in [1.165, 1.54) is 0 Å². The number of alkyl halides is 1. The van der Waals surface area contributed by atoms with Crippen molar-refractivity contribution >= 4 is 17.7 Å². The molecule has 0 atom stereocenters. The minimum atomic E-state index is 0.581. The average Bonchev–Trinajstić information content (AvgIpc) is 2.17. The SMILES string of the molecule is C=Cc1ccc(CCl)cc1.CN(C)C. The Morgan fingerprint density at radius 2 is 1.64 bits per heavy atom. The lowest BCUT2D eigenvalue weighted by Crippen LogP contribution is -1.99. The molecule has 0 bridgehead atoms. The van der Waals surface area contributed by atoms with E-state index < -0.39 is 0 Å². The van der Waals surface area contributed by atoms with Gasteiger partial charge in [-0.2, -0.15) is 0 Å². The lowest BCUT2D eigenvalue weighted by molar-refractivity contribution is 0.505. The van der Waals surface area contributed by atoms with Crippen molar-refractivity contribution in [3.63, 3.8) is 0 Å². The van der Waals surface area contributed by atoms with Gasteiger partial charge in [-0.1, -0.05) is 36.9 Å². The smallest absolute Gasteiger partial charge is 0.0474 e. The lowest BCUT2D eigenvalue weighted by atomic mass is 10.1. The van der Waals surface area contributed by atoms with E-state index in [-0.39, 0.29) is 0 Å². The van der Waals surface area contributed by atoms with E-state index in [9.17, 15) is 0 Å². The maximum atomic E-state index is 5.60. The monoisotopic (exact) mass is 211 g/mol. The van der Waals surface area contributed by atoms with Crippen LogP contribution in [0.15, 0.2) is 30.8 Å². The Kier molecular flexibility index (Phi) is 7.17. The summed E-state index contributed by atoms with van der Waals surface area (Å²) >= 11 is 5.60. The van der Waals surface area contributed by atoms with Gasteiger partial charge in [-0.05, 0) is 32.3 Å². The van der Waals surface area contributed by atoms with Crippen molar-refractivity contribution in [2.75, 3.05) is 21.1 Å². The Balaban J connectivity index is 0.000000364. The zero-order valence-electron chi connectivity index (χ0n) is 9.13. The lowest BCUT2D eigenvalue weighted by Gasteiger charge is -1.94. The van der Waals surface area contributed by atoms with Gasteiger partial charge >= 0.3 is 0 Å². The van der Waals surface area contributed by atoms with Crippen LogP contribution in [0, 0.1) is 0 Å². The predicted molar refractivity (Wildman–Crippen MR) is 65.7 cm³/mol. The molecule has 0 saturated carbocycles. The van der Waals surface area contributed by atoms with Gasteiger partial charge in [-0.25, -0.2) is 0 Å². The fourth-order valence-electron chi connectivity index (χ4n) is 0.743. The molecule has 0 unspecified atom stereocenters. The zero-order chi connectivity index (χ0) is 11.0. The van der Waals surface area contributed by atoms with Gasteiger partial charge in [0.05, 0.1) is 0 Å². The number of hydrogen-bond donors (Lipinski definition) is 0. The summed E-state index contributed by atoms with van der Waals surface area (Å²) in [4.78, 5) is 2.00. The fourth-order valence-corrected chi connectivity index (χ4v) is 0.921. The molecule has 0 N–H and O–H groups in total. The maximum Gasteiger partial charge on any atom is 0.0474 e. The quantitative estimate of drug-likeness (QED) is 0.679. The molecule has 0 saturated heterocycles. The topological polar surface area (TPSA) is 3.24 Å². The Hall–Kier alpha value is -0.790. The minimum Gasteiger partial charge on any atom is -0.312 e. The second-order valence-electron chi connectivity index (χ2n) is 3.42. The Bertz CT molecular complexity index is 249. The van der Waals surface area contributed by atoms with E-state index in [4.69, 9.17) is 11.6 Å². The second kappa shape index (κ2) is 7.60. The van der Waals surface area contributed by atoms with Crippen LogP contribution in [0.5, 0.6) is 0 Å². The fraction of sp³-hybridized carbons (Fsp3) is 0.333. The van der Waals surface area contributed by atoms with E-state index in [2.05, 4.69) is 6.58 Å². The summed E-state index contributed by atoms with van der Waals surface area (Å²) in [7, 11) is 6.00. The third kappa shape index (κ3) is 6.70. The largest absolute Gasteiger partial charge is 0.312 e. The number of halogens is 1. The van der Waals surface area contributed by atoms with Crippen molar-refractivity contribution in [1.29, 1.82) is 0 Å². The molecule has 0 aromatic heterocycles. The van der Waals surface area contributed by atoms with Crippen molar-refractivity contribution in [3.05, 3.63) is 42.0 Å². The van der Waals surface area contributed by atoms with Crippen LogP contribution in [0.2, 0.25) is 0 Å². The highest BCUT2D eigenvalue weighted by molar-refractivity contribution is 6.17. The molecule has 1 nitrogen and oxygen atoms in total. The van der Waals surface area contributed by atoms with Gasteiger partial charge in [0.1, 0.15) is 0 Å². The second-order valence-corrected chi connectivity index (χ2v) is 3.69. The maximum absolute atomic E-state index is 5.60. The van der Waals surface area contributed by atoms with Crippen LogP contribution >= 0.6 is 11.6 Å². The van der Waals surface area contributed by atoms with Gasteiger partial charge in [0.15, 0.2) is 0 Å². The molecule has 1 aromatic carbocycles. The first-order valence-corrected chi connectivity index (χ1v) is 5.02. The molecule has 0 aliphatic rings. The molecule has 78 valence electrons. The number of rotatable bonds is 2. The van der Waals surface area contributed by atoms with Crippen LogP contribution in [0.4, 0.5) is 0 Å². The molecule has 1 rings (SSSR count). The first-order chi connectivity index (χ1) is 6.60. The summed E-state index contributed by atoms with van der Waals surface area (Å²) in [5.41, 5.74) is 2.28. The van der Waals surface area contributed by atoms with Crippen molar-refractivity contribution in [3.8, 4) is 0 Å². The van der Waals surface area contributed by atoms with Gasteiger partial charge in [0.2, 0.25) is 0 Å². The molecule has 2 heteroatoms. The molecule has 1 aromatic rings. The highest BCUT2D eigenvalue weighted by Gasteiger charge is 1.87. The number of nitrogens with zero attached hydrogens (tertiary/aromatic N) is 1. The number of hydrogen-bond acceptors (Lipinski definition) is 1. The summed E-state index contributed by atoms with van der Waals surface area (Å²) in [6.45, 7) is 3.65. The molecule has 0 fully saturated rings. The molecule has 0 aliphatic carbocycles. The van der Waals surface area contributed by atoms with Gasteiger partial charge in [-0.3, -0.25) is 0 Å². The van der Waals surface area contributed by atoms with Crippen molar-refractivity contribution in [1.82, 2.24) is 4.90 Å². The molecule has 0 heterocycles. The summed E-state index contributed by atoms with van der Waals surface area (Å²) in [5.74, 6) is 0.581.